The zero-order valence-corrected chi connectivity index (χ0v) is 10.7. The summed E-state index contributed by atoms with van der Waals surface area (Å²) in [6.45, 7) is 0. The number of fused-ring (bicyclic) bond motifs is 1. The van der Waals surface area contributed by atoms with Gasteiger partial charge in [-0.15, -0.1) is 5.10 Å². The van der Waals surface area contributed by atoms with Gasteiger partial charge in [0.2, 0.25) is 0 Å². The second-order valence-corrected chi connectivity index (χ2v) is 4.51. The van der Waals surface area contributed by atoms with Crippen LogP contribution in [-0.4, -0.2) is 26.1 Å². The third-order valence-corrected chi connectivity index (χ3v) is 3.15. The van der Waals surface area contributed by atoms with Crippen LogP contribution in [-0.2, 0) is 0 Å². The SMILES string of the molecule is O=C(O)c1ccc2nnn(-c3cc(F)ccc3Cl)c2c1. The van der Waals surface area contributed by atoms with Crippen molar-refractivity contribution >= 4 is 28.6 Å². The summed E-state index contributed by atoms with van der Waals surface area (Å²) in [5, 5.41) is 17.1. The molecule has 1 aromatic heterocycles. The summed E-state index contributed by atoms with van der Waals surface area (Å²) >= 11 is 6.02. The minimum atomic E-state index is -1.06. The molecule has 0 aliphatic heterocycles. The molecule has 3 aromatic rings. The predicted octanol–water partition coefficient (Wildman–Crippen LogP) is 2.91. The molecule has 1 heterocycles. The number of carboxylic acids is 1. The van der Waals surface area contributed by atoms with Gasteiger partial charge in [0.05, 0.1) is 21.8 Å². The second kappa shape index (κ2) is 4.57. The minimum Gasteiger partial charge on any atom is -0.478 e. The van der Waals surface area contributed by atoms with Crippen LogP contribution in [0.15, 0.2) is 36.4 Å². The lowest BCUT2D eigenvalue weighted by Gasteiger charge is -2.05. The van der Waals surface area contributed by atoms with Crippen molar-refractivity contribution in [3.05, 3.63) is 52.8 Å². The van der Waals surface area contributed by atoms with Gasteiger partial charge in [-0.2, -0.15) is 0 Å². The summed E-state index contributed by atoms with van der Waals surface area (Å²) in [6.07, 6.45) is 0. The molecule has 5 nitrogen and oxygen atoms in total. The van der Waals surface area contributed by atoms with Crippen molar-refractivity contribution in [3.8, 4) is 5.69 Å². The van der Waals surface area contributed by atoms with Gasteiger partial charge in [-0.3, -0.25) is 0 Å². The second-order valence-electron chi connectivity index (χ2n) is 4.11. The number of hydrogen-bond donors (Lipinski definition) is 1. The standard InChI is InChI=1S/C13H7ClFN3O2/c14-9-3-2-8(15)6-11(9)18-12-5-7(13(19)20)1-4-10(12)16-17-18/h1-6H,(H,19,20). The Morgan fingerprint density at radius 2 is 2.05 bits per heavy atom. The Labute approximate surface area is 117 Å². The number of carbonyl (C=O) groups is 1. The van der Waals surface area contributed by atoms with E-state index in [4.69, 9.17) is 16.7 Å². The Morgan fingerprint density at radius 1 is 1.25 bits per heavy atom. The molecule has 0 atom stereocenters. The van der Waals surface area contributed by atoms with Gasteiger partial charge in [0.1, 0.15) is 11.3 Å². The number of carboxylic acid groups (broad SMARTS) is 1. The van der Waals surface area contributed by atoms with Crippen LogP contribution in [0, 0.1) is 5.82 Å². The van der Waals surface area contributed by atoms with Crippen LogP contribution in [0.25, 0.3) is 16.7 Å². The van der Waals surface area contributed by atoms with Crippen LogP contribution >= 0.6 is 11.6 Å². The van der Waals surface area contributed by atoms with E-state index in [2.05, 4.69) is 10.3 Å². The highest BCUT2D eigenvalue weighted by Crippen LogP contribution is 2.24. The van der Waals surface area contributed by atoms with Gasteiger partial charge < -0.3 is 5.11 Å². The average molecular weight is 292 g/mol. The van der Waals surface area contributed by atoms with Crippen molar-refractivity contribution in [2.45, 2.75) is 0 Å². The normalized spacial score (nSPS) is 10.9. The fourth-order valence-electron chi connectivity index (χ4n) is 1.88. The van der Waals surface area contributed by atoms with Crippen molar-refractivity contribution in [2.75, 3.05) is 0 Å². The number of nitrogens with zero attached hydrogens (tertiary/aromatic N) is 3. The lowest BCUT2D eigenvalue weighted by Crippen LogP contribution is -2.00. The lowest BCUT2D eigenvalue weighted by atomic mass is 10.2. The highest BCUT2D eigenvalue weighted by atomic mass is 35.5. The molecule has 2 aromatic carbocycles. The summed E-state index contributed by atoms with van der Waals surface area (Å²) in [5.74, 6) is -1.53. The van der Waals surface area contributed by atoms with Crippen molar-refractivity contribution in [3.63, 3.8) is 0 Å². The van der Waals surface area contributed by atoms with Gasteiger partial charge in [-0.05, 0) is 30.3 Å². The van der Waals surface area contributed by atoms with E-state index in [0.29, 0.717) is 21.7 Å². The molecule has 0 aliphatic carbocycles. The number of aromatic nitrogens is 3. The van der Waals surface area contributed by atoms with E-state index in [-0.39, 0.29) is 5.56 Å². The van der Waals surface area contributed by atoms with Crippen LogP contribution < -0.4 is 0 Å². The molecule has 0 bridgehead atoms. The van der Waals surface area contributed by atoms with Crippen LogP contribution in [0.2, 0.25) is 5.02 Å². The van der Waals surface area contributed by atoms with E-state index in [1.165, 1.54) is 41.1 Å². The molecule has 0 saturated heterocycles. The third-order valence-electron chi connectivity index (χ3n) is 2.83. The molecule has 100 valence electrons. The molecule has 0 amide bonds. The van der Waals surface area contributed by atoms with Gasteiger partial charge >= 0.3 is 5.97 Å². The molecule has 7 heteroatoms. The lowest BCUT2D eigenvalue weighted by molar-refractivity contribution is 0.0697. The fraction of sp³-hybridized carbons (Fsp3) is 0. The van der Waals surface area contributed by atoms with E-state index in [1.54, 1.807) is 0 Å². The highest BCUT2D eigenvalue weighted by Gasteiger charge is 2.13. The number of hydrogen-bond acceptors (Lipinski definition) is 3. The van der Waals surface area contributed by atoms with Gasteiger partial charge in [0.25, 0.3) is 0 Å². The smallest absolute Gasteiger partial charge is 0.335 e. The largest absolute Gasteiger partial charge is 0.478 e. The van der Waals surface area contributed by atoms with Gasteiger partial charge in [0, 0.05) is 6.07 Å². The molecule has 1 N–H and O–H groups in total. The Kier molecular flexibility index (Phi) is 2.87. The fourth-order valence-corrected chi connectivity index (χ4v) is 2.08. The van der Waals surface area contributed by atoms with E-state index >= 15 is 0 Å². The van der Waals surface area contributed by atoms with E-state index in [9.17, 15) is 9.18 Å². The summed E-state index contributed by atoms with van der Waals surface area (Å²) in [6, 6.07) is 8.23. The number of aromatic carboxylic acids is 1. The monoisotopic (exact) mass is 291 g/mol. The molecular formula is C13H7ClFN3O2. The van der Waals surface area contributed by atoms with Gasteiger partial charge in [-0.25, -0.2) is 13.9 Å². The minimum absolute atomic E-state index is 0.0913. The Balaban J connectivity index is 2.28. The van der Waals surface area contributed by atoms with E-state index < -0.39 is 11.8 Å². The average Bonchev–Trinajstić information content (AvgIpc) is 2.84. The summed E-state index contributed by atoms with van der Waals surface area (Å²) in [4.78, 5) is 11.0. The topological polar surface area (TPSA) is 68.0 Å². The van der Waals surface area contributed by atoms with Crippen LogP contribution in [0.5, 0.6) is 0 Å². The maximum Gasteiger partial charge on any atom is 0.335 e. The maximum absolute atomic E-state index is 13.3. The number of rotatable bonds is 2. The Bertz CT molecular complexity index is 832. The molecule has 20 heavy (non-hydrogen) atoms. The van der Waals surface area contributed by atoms with Crippen molar-refractivity contribution < 1.29 is 14.3 Å². The molecule has 0 aliphatic rings. The van der Waals surface area contributed by atoms with Gasteiger partial charge in [-0.1, -0.05) is 16.8 Å². The third kappa shape index (κ3) is 2.00. The molecular weight excluding hydrogens is 285 g/mol. The van der Waals surface area contributed by atoms with Crippen LogP contribution in [0.4, 0.5) is 4.39 Å². The molecule has 0 radical (unpaired) electrons. The van der Waals surface area contributed by atoms with Crippen molar-refractivity contribution in [1.82, 2.24) is 15.0 Å². The maximum atomic E-state index is 13.3. The molecule has 3 rings (SSSR count). The first kappa shape index (κ1) is 12.6. The summed E-state index contributed by atoms with van der Waals surface area (Å²) in [5.41, 5.74) is 1.33. The van der Waals surface area contributed by atoms with Crippen LogP contribution in [0.1, 0.15) is 10.4 Å². The van der Waals surface area contributed by atoms with E-state index in [1.807, 2.05) is 0 Å². The zero-order valence-electron chi connectivity index (χ0n) is 9.92. The number of benzene rings is 2. The van der Waals surface area contributed by atoms with Gasteiger partial charge in [0.15, 0.2) is 0 Å². The first-order chi connectivity index (χ1) is 9.56. The Morgan fingerprint density at radius 3 is 2.80 bits per heavy atom. The first-order valence-corrected chi connectivity index (χ1v) is 5.98. The number of halogens is 2. The van der Waals surface area contributed by atoms with Crippen LogP contribution in [0.3, 0.4) is 0 Å². The zero-order chi connectivity index (χ0) is 14.3. The molecule has 0 unspecified atom stereocenters. The molecule has 0 spiro atoms. The van der Waals surface area contributed by atoms with Crippen molar-refractivity contribution in [1.29, 1.82) is 0 Å². The Hall–Kier alpha value is -2.47. The molecule has 0 fully saturated rings. The first-order valence-electron chi connectivity index (χ1n) is 5.60. The summed E-state index contributed by atoms with van der Waals surface area (Å²) in [7, 11) is 0. The predicted molar refractivity (Wildman–Crippen MR) is 70.8 cm³/mol. The van der Waals surface area contributed by atoms with Crippen molar-refractivity contribution in [2.24, 2.45) is 0 Å². The quantitative estimate of drug-likeness (QED) is 0.788. The summed E-state index contributed by atoms with van der Waals surface area (Å²) < 4.78 is 14.6. The van der Waals surface area contributed by atoms with E-state index in [0.717, 1.165) is 0 Å². The molecule has 0 saturated carbocycles. The highest BCUT2D eigenvalue weighted by molar-refractivity contribution is 6.32.